The molecular formula is C14H16O2. The molecule has 0 spiro atoms. The van der Waals surface area contributed by atoms with Crippen LogP contribution in [0.3, 0.4) is 0 Å². The molecule has 0 aliphatic rings. The van der Waals surface area contributed by atoms with Crippen LogP contribution in [0, 0.1) is 5.92 Å². The van der Waals surface area contributed by atoms with Crippen molar-refractivity contribution in [3.05, 3.63) is 48.5 Å². The first-order valence-corrected chi connectivity index (χ1v) is 5.28. The molecule has 1 N–H and O–H groups in total. The molecule has 2 heteroatoms. The Morgan fingerprint density at radius 2 is 1.19 bits per heavy atom. The Kier molecular flexibility index (Phi) is 4.52. The van der Waals surface area contributed by atoms with Crippen LogP contribution >= 0.6 is 0 Å². The number of hydrogen-bond acceptors (Lipinski definition) is 1. The second kappa shape index (κ2) is 5.91. The van der Waals surface area contributed by atoms with Crippen molar-refractivity contribution in [1.82, 2.24) is 0 Å². The van der Waals surface area contributed by atoms with Crippen LogP contribution in [0.2, 0.25) is 0 Å². The summed E-state index contributed by atoms with van der Waals surface area (Å²) in [7, 11) is 0. The van der Waals surface area contributed by atoms with E-state index in [-0.39, 0.29) is 5.92 Å². The topological polar surface area (TPSA) is 37.3 Å². The predicted molar refractivity (Wildman–Crippen MR) is 66.4 cm³/mol. The van der Waals surface area contributed by atoms with Gasteiger partial charge in [-0.15, -0.1) is 0 Å². The molecule has 0 saturated carbocycles. The minimum absolute atomic E-state index is 0.231. The maximum Gasteiger partial charge on any atom is 0.305 e. The first-order valence-electron chi connectivity index (χ1n) is 5.28. The zero-order chi connectivity index (χ0) is 12.0. The quantitative estimate of drug-likeness (QED) is 0.791. The van der Waals surface area contributed by atoms with Crippen LogP contribution in [-0.4, -0.2) is 11.1 Å². The lowest BCUT2D eigenvalue weighted by atomic mass is 10.1. The van der Waals surface area contributed by atoms with Crippen molar-refractivity contribution in [2.24, 2.45) is 5.92 Å². The first-order chi connectivity index (χ1) is 7.61. The summed E-state index contributed by atoms with van der Waals surface area (Å²) in [6.07, 6.45) is 0. The Hall–Kier alpha value is -1.83. The van der Waals surface area contributed by atoms with Crippen molar-refractivity contribution in [2.75, 3.05) is 0 Å². The molecule has 0 aromatic heterocycles. The number of carboxylic acid groups (broad SMARTS) is 1. The van der Waals surface area contributed by atoms with Gasteiger partial charge in [0.1, 0.15) is 0 Å². The third-order valence-corrected chi connectivity index (χ3v) is 2.15. The zero-order valence-electron chi connectivity index (χ0n) is 9.55. The Morgan fingerprint density at radius 1 is 0.938 bits per heavy atom. The number of carboxylic acids is 1. The predicted octanol–water partition coefficient (Wildman–Crippen LogP) is 3.57. The number of hydrogen-bond donors (Lipinski definition) is 1. The van der Waals surface area contributed by atoms with Gasteiger partial charge in [-0.2, -0.15) is 0 Å². The van der Waals surface area contributed by atoms with Gasteiger partial charge in [0, 0.05) is 0 Å². The van der Waals surface area contributed by atoms with Crippen LogP contribution in [0.4, 0.5) is 0 Å². The number of benzene rings is 2. The monoisotopic (exact) mass is 216 g/mol. The molecule has 84 valence electrons. The molecular weight excluding hydrogens is 200 g/mol. The highest BCUT2D eigenvalue weighted by atomic mass is 16.4. The SMILES string of the molecule is CC(C)C(=O)O.c1ccc2ccccc2c1. The van der Waals surface area contributed by atoms with Crippen molar-refractivity contribution in [2.45, 2.75) is 13.8 Å². The van der Waals surface area contributed by atoms with Crippen LogP contribution in [0.25, 0.3) is 10.8 Å². The van der Waals surface area contributed by atoms with E-state index in [9.17, 15) is 4.79 Å². The van der Waals surface area contributed by atoms with E-state index in [0.29, 0.717) is 0 Å². The molecule has 0 fully saturated rings. The lowest BCUT2D eigenvalue weighted by Gasteiger charge is -1.92. The van der Waals surface area contributed by atoms with Gasteiger partial charge in [0.05, 0.1) is 5.92 Å². The normalized spacial score (nSPS) is 9.69. The largest absolute Gasteiger partial charge is 0.481 e. The molecule has 0 unspecified atom stereocenters. The summed E-state index contributed by atoms with van der Waals surface area (Å²) in [5.74, 6) is -0.972. The lowest BCUT2D eigenvalue weighted by molar-refractivity contribution is -0.140. The van der Waals surface area contributed by atoms with Gasteiger partial charge in [0.15, 0.2) is 0 Å². The Morgan fingerprint density at radius 3 is 1.38 bits per heavy atom. The smallest absolute Gasteiger partial charge is 0.305 e. The summed E-state index contributed by atoms with van der Waals surface area (Å²) in [5.41, 5.74) is 0. The van der Waals surface area contributed by atoms with Crippen LogP contribution in [0.1, 0.15) is 13.8 Å². The summed E-state index contributed by atoms with van der Waals surface area (Å²) in [6, 6.07) is 16.7. The summed E-state index contributed by atoms with van der Waals surface area (Å²) in [4.78, 5) is 9.70. The summed E-state index contributed by atoms with van der Waals surface area (Å²) < 4.78 is 0. The number of carbonyl (C=O) groups is 1. The standard InChI is InChI=1S/C10H8.C4H8O2/c1-2-6-10-8-4-3-7-9(10)5-1;1-3(2)4(5)6/h1-8H;3H,1-2H3,(H,5,6). The van der Waals surface area contributed by atoms with Gasteiger partial charge in [-0.25, -0.2) is 0 Å². The van der Waals surface area contributed by atoms with E-state index in [1.54, 1.807) is 13.8 Å². The molecule has 2 aromatic carbocycles. The average molecular weight is 216 g/mol. The van der Waals surface area contributed by atoms with Gasteiger partial charge in [-0.3, -0.25) is 4.79 Å². The maximum atomic E-state index is 9.70. The fourth-order valence-corrected chi connectivity index (χ4v) is 1.13. The van der Waals surface area contributed by atoms with Crippen LogP contribution in [0.5, 0.6) is 0 Å². The van der Waals surface area contributed by atoms with E-state index in [2.05, 4.69) is 48.5 Å². The van der Waals surface area contributed by atoms with Crippen molar-refractivity contribution in [3.63, 3.8) is 0 Å². The molecule has 0 radical (unpaired) electrons. The highest BCUT2D eigenvalue weighted by Gasteiger charge is 1.99. The van der Waals surface area contributed by atoms with Gasteiger partial charge in [0.25, 0.3) is 0 Å². The highest BCUT2D eigenvalue weighted by molar-refractivity contribution is 5.82. The van der Waals surface area contributed by atoms with Crippen molar-refractivity contribution >= 4 is 16.7 Å². The van der Waals surface area contributed by atoms with Gasteiger partial charge in [-0.05, 0) is 10.8 Å². The van der Waals surface area contributed by atoms with Gasteiger partial charge in [-0.1, -0.05) is 62.4 Å². The molecule has 0 saturated heterocycles. The summed E-state index contributed by atoms with van der Waals surface area (Å²) in [5, 5.41) is 10.6. The molecule has 2 aromatic rings. The summed E-state index contributed by atoms with van der Waals surface area (Å²) in [6.45, 7) is 3.28. The minimum Gasteiger partial charge on any atom is -0.481 e. The fourth-order valence-electron chi connectivity index (χ4n) is 1.13. The Bertz CT molecular complexity index is 396. The number of aliphatic carboxylic acids is 1. The third kappa shape index (κ3) is 3.73. The Balaban J connectivity index is 0.000000187. The molecule has 2 nitrogen and oxygen atoms in total. The molecule has 16 heavy (non-hydrogen) atoms. The maximum absolute atomic E-state index is 9.70. The number of fused-ring (bicyclic) bond motifs is 1. The summed E-state index contributed by atoms with van der Waals surface area (Å²) >= 11 is 0. The van der Waals surface area contributed by atoms with E-state index >= 15 is 0 Å². The molecule has 0 amide bonds. The van der Waals surface area contributed by atoms with Crippen LogP contribution in [0.15, 0.2) is 48.5 Å². The second-order valence-electron chi connectivity index (χ2n) is 3.84. The number of rotatable bonds is 1. The molecule has 2 rings (SSSR count). The van der Waals surface area contributed by atoms with Crippen molar-refractivity contribution in [3.8, 4) is 0 Å². The van der Waals surface area contributed by atoms with Gasteiger partial charge in [0.2, 0.25) is 0 Å². The van der Waals surface area contributed by atoms with Crippen molar-refractivity contribution < 1.29 is 9.90 Å². The first kappa shape index (κ1) is 12.2. The fraction of sp³-hybridized carbons (Fsp3) is 0.214. The van der Waals surface area contributed by atoms with Crippen molar-refractivity contribution in [1.29, 1.82) is 0 Å². The zero-order valence-corrected chi connectivity index (χ0v) is 9.55. The third-order valence-electron chi connectivity index (χ3n) is 2.15. The van der Waals surface area contributed by atoms with E-state index in [1.165, 1.54) is 10.8 Å². The average Bonchev–Trinajstić information content (AvgIpc) is 2.30. The van der Waals surface area contributed by atoms with Crippen LogP contribution < -0.4 is 0 Å². The molecule has 0 aliphatic heterocycles. The van der Waals surface area contributed by atoms with E-state index < -0.39 is 5.97 Å². The van der Waals surface area contributed by atoms with Gasteiger partial charge >= 0.3 is 5.97 Å². The Labute approximate surface area is 95.5 Å². The van der Waals surface area contributed by atoms with E-state index in [4.69, 9.17) is 5.11 Å². The van der Waals surface area contributed by atoms with E-state index in [0.717, 1.165) is 0 Å². The van der Waals surface area contributed by atoms with E-state index in [1.807, 2.05) is 0 Å². The molecule has 0 bridgehead atoms. The molecule has 0 aliphatic carbocycles. The van der Waals surface area contributed by atoms with Crippen LogP contribution in [-0.2, 0) is 4.79 Å². The highest BCUT2D eigenvalue weighted by Crippen LogP contribution is 2.11. The minimum atomic E-state index is -0.741. The molecule has 0 atom stereocenters. The van der Waals surface area contributed by atoms with Gasteiger partial charge < -0.3 is 5.11 Å². The molecule has 0 heterocycles. The second-order valence-corrected chi connectivity index (χ2v) is 3.84. The lowest BCUT2D eigenvalue weighted by Crippen LogP contribution is -2.03.